The van der Waals surface area contributed by atoms with Gasteiger partial charge in [0.15, 0.2) is 0 Å². The van der Waals surface area contributed by atoms with E-state index >= 15 is 0 Å². The zero-order chi connectivity index (χ0) is 15.6. The van der Waals surface area contributed by atoms with Gasteiger partial charge < -0.3 is 4.74 Å². The summed E-state index contributed by atoms with van der Waals surface area (Å²) in [5.41, 5.74) is 1.99. The van der Waals surface area contributed by atoms with Gasteiger partial charge in [-0.2, -0.15) is 8.78 Å². The molecule has 0 heterocycles. The molecule has 0 aromatic heterocycles. The fourth-order valence-electron chi connectivity index (χ4n) is 1.87. The molecule has 2 aromatic carbocycles. The van der Waals surface area contributed by atoms with E-state index in [1.807, 2.05) is 0 Å². The predicted molar refractivity (Wildman–Crippen MR) is 80.0 cm³/mol. The number of hydrogen-bond donors (Lipinski definition) is 0. The molecule has 0 aliphatic rings. The molecule has 0 N–H and O–H groups in total. The molecule has 0 saturated carbocycles. The van der Waals surface area contributed by atoms with Crippen LogP contribution in [-0.4, -0.2) is 6.61 Å². The molecule has 2 rings (SSSR count). The van der Waals surface area contributed by atoms with Crippen LogP contribution in [0, 0.1) is 12.7 Å². The van der Waals surface area contributed by atoms with Gasteiger partial charge in [-0.3, -0.25) is 0 Å². The van der Waals surface area contributed by atoms with Crippen LogP contribution >= 0.6 is 27.5 Å². The Balaban J connectivity index is 2.27. The number of hydrogen-bond acceptors (Lipinski definition) is 1. The van der Waals surface area contributed by atoms with Gasteiger partial charge in [-0.25, -0.2) is 4.39 Å². The lowest BCUT2D eigenvalue weighted by Crippen LogP contribution is -2.02. The molecule has 2 aromatic rings. The second-order valence-electron chi connectivity index (χ2n) is 4.43. The van der Waals surface area contributed by atoms with Gasteiger partial charge in [0.2, 0.25) is 0 Å². The van der Waals surface area contributed by atoms with Crippen LogP contribution in [-0.2, 0) is 0 Å². The number of halogens is 5. The van der Waals surface area contributed by atoms with Crippen LogP contribution in [0.5, 0.6) is 5.75 Å². The van der Waals surface area contributed by atoms with E-state index in [-0.39, 0.29) is 16.4 Å². The molecular formula is C15H11BrClF3O. The molecule has 0 amide bonds. The topological polar surface area (TPSA) is 9.23 Å². The Morgan fingerprint density at radius 3 is 2.33 bits per heavy atom. The molecule has 0 fully saturated rings. The lowest BCUT2D eigenvalue weighted by atomic mass is 10.0. The van der Waals surface area contributed by atoms with Crippen molar-refractivity contribution in [3.05, 3.63) is 63.9 Å². The van der Waals surface area contributed by atoms with Gasteiger partial charge in [-0.05, 0) is 41.8 Å². The average molecular weight is 380 g/mol. The zero-order valence-electron chi connectivity index (χ0n) is 10.9. The van der Waals surface area contributed by atoms with Crippen molar-refractivity contribution < 1.29 is 17.9 Å². The van der Waals surface area contributed by atoms with Gasteiger partial charge in [0.1, 0.15) is 11.6 Å². The van der Waals surface area contributed by atoms with Gasteiger partial charge in [0.05, 0.1) is 4.83 Å². The van der Waals surface area contributed by atoms with Crippen LogP contribution in [0.2, 0.25) is 5.02 Å². The van der Waals surface area contributed by atoms with E-state index < -0.39 is 6.61 Å². The van der Waals surface area contributed by atoms with Crippen molar-refractivity contribution in [3.8, 4) is 5.75 Å². The molecule has 21 heavy (non-hydrogen) atoms. The van der Waals surface area contributed by atoms with Crippen molar-refractivity contribution >= 4 is 27.5 Å². The highest BCUT2D eigenvalue weighted by molar-refractivity contribution is 9.09. The lowest BCUT2D eigenvalue weighted by molar-refractivity contribution is -0.0498. The van der Waals surface area contributed by atoms with Crippen molar-refractivity contribution in [2.24, 2.45) is 0 Å². The third kappa shape index (κ3) is 3.92. The highest BCUT2D eigenvalue weighted by atomic mass is 79.9. The Hall–Kier alpha value is -1.20. The van der Waals surface area contributed by atoms with Crippen LogP contribution in [0.4, 0.5) is 13.2 Å². The Bertz CT molecular complexity index is 632. The monoisotopic (exact) mass is 378 g/mol. The molecule has 0 spiro atoms. The largest absolute Gasteiger partial charge is 0.435 e. The number of alkyl halides is 3. The first kappa shape index (κ1) is 16.2. The smallest absolute Gasteiger partial charge is 0.387 e. The van der Waals surface area contributed by atoms with Crippen molar-refractivity contribution in [1.82, 2.24) is 0 Å². The quantitative estimate of drug-likeness (QED) is 0.603. The number of benzene rings is 2. The van der Waals surface area contributed by atoms with Gasteiger partial charge >= 0.3 is 6.61 Å². The molecule has 0 aliphatic carbocycles. The molecule has 0 radical (unpaired) electrons. The normalized spacial score (nSPS) is 12.5. The maximum atomic E-state index is 13.4. The van der Waals surface area contributed by atoms with Crippen LogP contribution in [0.15, 0.2) is 36.4 Å². The van der Waals surface area contributed by atoms with Crippen LogP contribution in [0.1, 0.15) is 21.5 Å². The molecule has 0 bridgehead atoms. The minimum atomic E-state index is -2.86. The van der Waals surface area contributed by atoms with Crippen molar-refractivity contribution in [2.75, 3.05) is 0 Å². The Morgan fingerprint density at radius 2 is 1.76 bits per heavy atom. The second kappa shape index (κ2) is 6.71. The van der Waals surface area contributed by atoms with Gasteiger partial charge in [0.25, 0.3) is 0 Å². The summed E-state index contributed by atoms with van der Waals surface area (Å²) in [5, 5.41) is 0.299. The van der Waals surface area contributed by atoms with E-state index in [1.165, 1.54) is 18.2 Å². The fraction of sp³-hybridized carbons (Fsp3) is 0.200. The molecule has 0 saturated heterocycles. The summed E-state index contributed by atoms with van der Waals surface area (Å²) in [5.74, 6) is -0.293. The van der Waals surface area contributed by atoms with Crippen molar-refractivity contribution in [2.45, 2.75) is 18.4 Å². The third-order valence-electron chi connectivity index (χ3n) is 2.95. The van der Waals surface area contributed by atoms with Gasteiger partial charge in [-0.15, -0.1) is 0 Å². The molecule has 0 aliphatic heterocycles. The first-order valence-corrected chi connectivity index (χ1v) is 7.32. The summed E-state index contributed by atoms with van der Waals surface area (Å²) in [7, 11) is 0. The maximum Gasteiger partial charge on any atom is 0.387 e. The lowest BCUT2D eigenvalue weighted by Gasteiger charge is -2.14. The summed E-state index contributed by atoms with van der Waals surface area (Å²) in [6.07, 6.45) is 0. The second-order valence-corrected chi connectivity index (χ2v) is 5.76. The first-order chi connectivity index (χ1) is 9.88. The molecule has 1 atom stereocenters. The van der Waals surface area contributed by atoms with Crippen molar-refractivity contribution in [1.29, 1.82) is 0 Å². The summed E-state index contributed by atoms with van der Waals surface area (Å²) in [6, 6.07) is 9.09. The van der Waals surface area contributed by atoms with Crippen LogP contribution in [0.3, 0.4) is 0 Å². The van der Waals surface area contributed by atoms with Crippen LogP contribution in [0.25, 0.3) is 0 Å². The predicted octanol–water partition coefficient (Wildman–Crippen LogP) is 5.87. The van der Waals surface area contributed by atoms with Gasteiger partial charge in [-0.1, -0.05) is 45.7 Å². The highest BCUT2D eigenvalue weighted by Crippen LogP contribution is 2.37. The van der Waals surface area contributed by atoms with E-state index in [9.17, 15) is 13.2 Å². The summed E-state index contributed by atoms with van der Waals surface area (Å²) < 4.78 is 41.9. The van der Waals surface area contributed by atoms with E-state index in [4.69, 9.17) is 11.6 Å². The van der Waals surface area contributed by atoms with E-state index in [1.54, 1.807) is 25.1 Å². The molecule has 6 heteroatoms. The fourth-order valence-corrected chi connectivity index (χ4v) is 2.95. The summed E-state index contributed by atoms with van der Waals surface area (Å²) in [6.45, 7) is -1.21. The minimum absolute atomic E-state index is 0.0785. The maximum absolute atomic E-state index is 13.4. The third-order valence-corrected chi connectivity index (χ3v) is 4.30. The summed E-state index contributed by atoms with van der Waals surface area (Å²) >= 11 is 9.54. The number of rotatable bonds is 4. The number of aryl methyl sites for hydroxylation is 1. The SMILES string of the molecule is Cc1cc(C(Br)c2ccc(OC(F)F)cc2)c(Cl)cc1F. The Kier molecular flexibility index (Phi) is 5.17. The van der Waals surface area contributed by atoms with Crippen molar-refractivity contribution in [3.63, 3.8) is 0 Å². The highest BCUT2D eigenvalue weighted by Gasteiger charge is 2.16. The molecule has 1 unspecified atom stereocenters. The van der Waals surface area contributed by atoms with E-state index in [0.29, 0.717) is 16.1 Å². The van der Waals surface area contributed by atoms with Crippen LogP contribution < -0.4 is 4.74 Å². The Morgan fingerprint density at radius 1 is 1.14 bits per heavy atom. The standard InChI is InChI=1S/C15H11BrClF3O/c1-8-6-11(12(17)7-13(8)18)14(16)9-2-4-10(5-3-9)21-15(19)20/h2-7,14-15H,1H3. The first-order valence-electron chi connectivity index (χ1n) is 6.03. The van der Waals surface area contributed by atoms with Gasteiger partial charge in [0, 0.05) is 5.02 Å². The number of ether oxygens (including phenoxy) is 1. The molecule has 112 valence electrons. The molecular weight excluding hydrogens is 369 g/mol. The Labute approximate surface area is 133 Å². The van der Waals surface area contributed by atoms with E-state index in [0.717, 1.165) is 5.56 Å². The van der Waals surface area contributed by atoms with E-state index in [2.05, 4.69) is 20.7 Å². The zero-order valence-corrected chi connectivity index (χ0v) is 13.3. The molecule has 1 nitrogen and oxygen atoms in total. The summed E-state index contributed by atoms with van der Waals surface area (Å²) in [4.78, 5) is -0.273. The minimum Gasteiger partial charge on any atom is -0.435 e. The average Bonchev–Trinajstić information content (AvgIpc) is 2.42.